The molecular formula is C8H17O12. The van der Waals surface area contributed by atoms with Gasteiger partial charge in [-0.25, -0.2) is 0 Å². The fourth-order valence-corrected chi connectivity index (χ4v) is 1.17. The smallest absolute Gasteiger partial charge is 0.315 e. The Labute approximate surface area is 111 Å². The van der Waals surface area contributed by atoms with Crippen molar-refractivity contribution in [2.75, 3.05) is 0 Å². The number of hydrogen-bond donors (Lipinski definition) is 12. The van der Waals surface area contributed by atoms with Gasteiger partial charge in [-0.15, -0.1) is 0 Å². The highest BCUT2D eigenvalue weighted by atomic mass is 16.7. The van der Waals surface area contributed by atoms with Gasteiger partial charge in [-0.1, -0.05) is 6.92 Å². The third-order valence-corrected chi connectivity index (χ3v) is 2.67. The summed E-state index contributed by atoms with van der Waals surface area (Å²) >= 11 is 0. The zero-order valence-electron chi connectivity index (χ0n) is 10.1. The topological polar surface area (TPSA) is 243 Å². The zero-order valence-corrected chi connectivity index (χ0v) is 10.1. The molecule has 12 heteroatoms. The van der Waals surface area contributed by atoms with Crippen LogP contribution in [0, 0.1) is 6.10 Å². The lowest BCUT2D eigenvalue weighted by atomic mass is 9.85. The van der Waals surface area contributed by atoms with Crippen LogP contribution in [0.25, 0.3) is 0 Å². The molecule has 0 aromatic carbocycles. The van der Waals surface area contributed by atoms with Gasteiger partial charge < -0.3 is 61.3 Å². The lowest BCUT2D eigenvalue weighted by molar-refractivity contribution is -0.516. The molecule has 0 amide bonds. The summed E-state index contributed by atoms with van der Waals surface area (Å²) in [6, 6.07) is 0. The summed E-state index contributed by atoms with van der Waals surface area (Å²) in [5, 5.41) is 108. The second-order valence-electron chi connectivity index (χ2n) is 4.17. The van der Waals surface area contributed by atoms with Gasteiger partial charge in [0.25, 0.3) is 17.4 Å². The first-order valence-electron chi connectivity index (χ1n) is 4.99. The molecule has 121 valence electrons. The van der Waals surface area contributed by atoms with E-state index in [9.17, 15) is 30.6 Å². The van der Waals surface area contributed by atoms with E-state index in [2.05, 4.69) is 0 Å². The summed E-state index contributed by atoms with van der Waals surface area (Å²) in [6.45, 7) is 0.908. The van der Waals surface area contributed by atoms with Crippen LogP contribution in [0.2, 0.25) is 0 Å². The van der Waals surface area contributed by atoms with Gasteiger partial charge >= 0.3 is 5.97 Å². The van der Waals surface area contributed by atoms with Gasteiger partial charge in [-0.05, 0) is 0 Å². The maximum atomic E-state index is 9.29. The van der Waals surface area contributed by atoms with Crippen LogP contribution < -0.4 is 0 Å². The Morgan fingerprint density at radius 1 is 0.700 bits per heavy atom. The fraction of sp³-hybridized carbons (Fsp3) is 0.875. The molecular weight excluding hydrogens is 288 g/mol. The van der Waals surface area contributed by atoms with E-state index in [0.29, 0.717) is 0 Å². The average molecular weight is 305 g/mol. The van der Waals surface area contributed by atoms with Crippen molar-refractivity contribution >= 4 is 0 Å². The summed E-state index contributed by atoms with van der Waals surface area (Å²) in [5.74, 6) is -22.1. The molecule has 0 aromatic heterocycles. The average Bonchev–Trinajstić information content (AvgIpc) is 2.25. The number of aliphatic hydroxyl groups is 12. The zero-order chi connectivity index (χ0) is 16.8. The van der Waals surface area contributed by atoms with E-state index in [0.717, 1.165) is 6.92 Å². The molecule has 1 radical (unpaired) electrons. The molecule has 0 aromatic rings. The maximum absolute atomic E-state index is 9.29. The van der Waals surface area contributed by atoms with Crippen molar-refractivity contribution in [2.24, 2.45) is 0 Å². The Morgan fingerprint density at radius 2 is 1.05 bits per heavy atom. The Hall–Kier alpha value is -0.480. The molecule has 12 N–H and O–H groups in total. The second-order valence-corrected chi connectivity index (χ2v) is 4.17. The van der Waals surface area contributed by atoms with Crippen LogP contribution in [0.4, 0.5) is 0 Å². The fourth-order valence-electron chi connectivity index (χ4n) is 1.17. The van der Waals surface area contributed by atoms with Crippen molar-refractivity contribution < 1.29 is 61.3 Å². The number of aliphatic hydroxyl groups excluding tert-OH is 1. The predicted octanol–water partition coefficient (Wildman–Crippen LogP) is -6.34. The van der Waals surface area contributed by atoms with Crippen molar-refractivity contribution in [2.45, 2.75) is 42.5 Å². The molecule has 0 heterocycles. The Bertz CT molecular complexity index is 340. The van der Waals surface area contributed by atoms with Crippen LogP contribution in [-0.4, -0.2) is 90.4 Å². The van der Waals surface area contributed by atoms with Crippen molar-refractivity contribution in [3.63, 3.8) is 0 Å². The van der Waals surface area contributed by atoms with Gasteiger partial charge in [0.2, 0.25) is 11.9 Å². The van der Waals surface area contributed by atoms with Gasteiger partial charge in [0.15, 0.2) is 0 Å². The summed E-state index contributed by atoms with van der Waals surface area (Å²) < 4.78 is 0. The standard InChI is InChI=1S/C8H17O12/c1-2-4(10,11)7(17,18)8(19,20)5(12,13)3(9)6(14,15)16/h9-20H,2H2,1H3. The largest absolute Gasteiger partial charge is 0.374 e. The number of rotatable bonds is 6. The third-order valence-electron chi connectivity index (χ3n) is 2.67. The Morgan fingerprint density at radius 3 is 1.30 bits per heavy atom. The molecule has 0 aliphatic heterocycles. The maximum Gasteiger partial charge on any atom is 0.315 e. The second kappa shape index (κ2) is 5.06. The minimum Gasteiger partial charge on any atom is -0.374 e. The SMILES string of the molecule is CCC(O)(O)C(O)(O)C(O)(O)C(O)(O)[C](O)C(O)(O)O. The van der Waals surface area contributed by atoms with Crippen molar-refractivity contribution in [3.05, 3.63) is 6.10 Å². The molecule has 0 aliphatic carbocycles. The van der Waals surface area contributed by atoms with Gasteiger partial charge in [-0.2, -0.15) is 0 Å². The summed E-state index contributed by atoms with van der Waals surface area (Å²) in [4.78, 5) is 0. The van der Waals surface area contributed by atoms with Crippen LogP contribution in [0.1, 0.15) is 13.3 Å². The van der Waals surface area contributed by atoms with E-state index in [4.69, 9.17) is 30.6 Å². The third kappa shape index (κ3) is 2.77. The first kappa shape index (κ1) is 19.5. The van der Waals surface area contributed by atoms with Crippen LogP contribution in [0.5, 0.6) is 0 Å². The Kier molecular flexibility index (Phi) is 4.94. The molecule has 0 bridgehead atoms. The molecule has 0 unspecified atom stereocenters. The monoisotopic (exact) mass is 305 g/mol. The molecule has 12 nitrogen and oxygen atoms in total. The predicted molar refractivity (Wildman–Crippen MR) is 53.5 cm³/mol. The van der Waals surface area contributed by atoms with E-state index in [-0.39, 0.29) is 0 Å². The summed E-state index contributed by atoms with van der Waals surface area (Å²) in [5.41, 5.74) is 0. The van der Waals surface area contributed by atoms with Crippen LogP contribution in [0.3, 0.4) is 0 Å². The van der Waals surface area contributed by atoms with Gasteiger partial charge in [0.1, 0.15) is 0 Å². The van der Waals surface area contributed by atoms with Gasteiger partial charge in [0, 0.05) is 6.42 Å². The van der Waals surface area contributed by atoms with E-state index < -0.39 is 41.6 Å². The lowest BCUT2D eigenvalue weighted by Gasteiger charge is -2.48. The summed E-state index contributed by atoms with van der Waals surface area (Å²) in [6.07, 6.45) is -3.64. The molecule has 0 saturated heterocycles. The van der Waals surface area contributed by atoms with Crippen molar-refractivity contribution in [1.82, 2.24) is 0 Å². The molecule has 0 atom stereocenters. The molecule has 0 aliphatic rings. The minimum atomic E-state index is -4.79. The van der Waals surface area contributed by atoms with Gasteiger partial charge in [-0.3, -0.25) is 0 Å². The highest BCUT2D eigenvalue weighted by molar-refractivity contribution is 5.11. The Balaban J connectivity index is 5.85. The first-order chi connectivity index (χ1) is 8.47. The quantitative estimate of drug-likeness (QED) is 0.205. The van der Waals surface area contributed by atoms with E-state index in [1.54, 1.807) is 0 Å². The van der Waals surface area contributed by atoms with Crippen molar-refractivity contribution in [1.29, 1.82) is 0 Å². The lowest BCUT2D eigenvalue weighted by Crippen LogP contribution is -2.78. The van der Waals surface area contributed by atoms with E-state index >= 15 is 0 Å². The highest BCUT2D eigenvalue weighted by Crippen LogP contribution is 2.41. The first-order valence-corrected chi connectivity index (χ1v) is 4.99. The molecule has 0 fully saturated rings. The van der Waals surface area contributed by atoms with E-state index in [1.165, 1.54) is 0 Å². The van der Waals surface area contributed by atoms with Crippen LogP contribution >= 0.6 is 0 Å². The minimum absolute atomic E-state index is 0.908. The molecule has 0 saturated carbocycles. The normalized spacial score (nSPS) is 15.9. The van der Waals surface area contributed by atoms with Crippen molar-refractivity contribution in [3.8, 4) is 0 Å². The number of hydrogen-bond acceptors (Lipinski definition) is 12. The van der Waals surface area contributed by atoms with Crippen LogP contribution in [-0.2, 0) is 0 Å². The molecule has 20 heavy (non-hydrogen) atoms. The molecule has 0 rings (SSSR count). The van der Waals surface area contributed by atoms with Gasteiger partial charge in [0.05, 0.1) is 0 Å². The highest BCUT2D eigenvalue weighted by Gasteiger charge is 2.74. The summed E-state index contributed by atoms with van der Waals surface area (Å²) in [7, 11) is 0. The molecule has 0 spiro atoms. The van der Waals surface area contributed by atoms with Crippen LogP contribution in [0.15, 0.2) is 0 Å². The van der Waals surface area contributed by atoms with E-state index in [1.807, 2.05) is 0 Å².